The number of amides is 1. The lowest BCUT2D eigenvalue weighted by Gasteiger charge is -2.32. The van der Waals surface area contributed by atoms with E-state index < -0.39 is 0 Å². The molecule has 0 aromatic heterocycles. The van der Waals surface area contributed by atoms with E-state index in [-0.39, 0.29) is 11.9 Å². The van der Waals surface area contributed by atoms with Crippen molar-refractivity contribution >= 4 is 5.91 Å². The standard InChI is InChI=1S/C12H23N3O/c1-15-8-3-2-5-10(15)9-14-12(16)11-6-4-7-13-11/h10-11,13H,2-9H2,1H3,(H,14,16). The number of hydrogen-bond acceptors (Lipinski definition) is 3. The van der Waals surface area contributed by atoms with Crippen LogP contribution >= 0.6 is 0 Å². The number of likely N-dealkylation sites (tertiary alicyclic amines) is 1. The molecule has 2 unspecified atom stereocenters. The summed E-state index contributed by atoms with van der Waals surface area (Å²) in [6, 6.07) is 0.605. The molecular formula is C12H23N3O. The average Bonchev–Trinajstić information content (AvgIpc) is 2.81. The molecule has 2 aliphatic heterocycles. The molecule has 0 bridgehead atoms. The number of piperidine rings is 1. The van der Waals surface area contributed by atoms with E-state index in [0.717, 1.165) is 25.9 Å². The Balaban J connectivity index is 1.71. The summed E-state index contributed by atoms with van der Waals surface area (Å²) in [5, 5.41) is 6.31. The van der Waals surface area contributed by atoms with Crippen LogP contribution in [0.3, 0.4) is 0 Å². The van der Waals surface area contributed by atoms with Crippen LogP contribution in [-0.2, 0) is 4.79 Å². The molecule has 2 aliphatic rings. The van der Waals surface area contributed by atoms with Crippen molar-refractivity contribution in [3.63, 3.8) is 0 Å². The first-order chi connectivity index (χ1) is 7.77. The Kier molecular flexibility index (Phi) is 4.18. The van der Waals surface area contributed by atoms with E-state index >= 15 is 0 Å². The number of carbonyl (C=O) groups is 1. The molecule has 0 saturated carbocycles. The maximum absolute atomic E-state index is 11.8. The van der Waals surface area contributed by atoms with Crippen molar-refractivity contribution in [2.24, 2.45) is 0 Å². The number of hydrogen-bond donors (Lipinski definition) is 2. The van der Waals surface area contributed by atoms with E-state index in [1.807, 2.05) is 0 Å². The van der Waals surface area contributed by atoms with Gasteiger partial charge in [-0.25, -0.2) is 0 Å². The third-order valence-electron chi connectivity index (χ3n) is 3.81. The van der Waals surface area contributed by atoms with Crippen LogP contribution in [-0.4, -0.2) is 49.6 Å². The van der Waals surface area contributed by atoms with Gasteiger partial charge in [-0.2, -0.15) is 0 Å². The minimum atomic E-state index is 0.0638. The number of nitrogens with zero attached hydrogens (tertiary/aromatic N) is 1. The number of likely N-dealkylation sites (N-methyl/N-ethyl adjacent to an activating group) is 1. The molecule has 16 heavy (non-hydrogen) atoms. The Hall–Kier alpha value is -0.610. The Labute approximate surface area is 97.8 Å². The van der Waals surface area contributed by atoms with E-state index in [9.17, 15) is 4.79 Å². The van der Waals surface area contributed by atoms with Gasteiger partial charge in [0.05, 0.1) is 6.04 Å². The van der Waals surface area contributed by atoms with Crippen LogP contribution in [0.1, 0.15) is 32.1 Å². The average molecular weight is 225 g/mol. The highest BCUT2D eigenvalue weighted by Crippen LogP contribution is 2.14. The van der Waals surface area contributed by atoms with Crippen LogP contribution in [0.2, 0.25) is 0 Å². The zero-order chi connectivity index (χ0) is 11.4. The summed E-state index contributed by atoms with van der Waals surface area (Å²) < 4.78 is 0. The number of nitrogens with one attached hydrogen (secondary N) is 2. The molecule has 2 heterocycles. The summed E-state index contributed by atoms with van der Waals surface area (Å²) in [4.78, 5) is 14.2. The van der Waals surface area contributed by atoms with E-state index in [1.54, 1.807) is 0 Å². The smallest absolute Gasteiger partial charge is 0.237 e. The fourth-order valence-electron chi connectivity index (χ4n) is 2.65. The van der Waals surface area contributed by atoms with Gasteiger partial charge in [-0.05, 0) is 45.8 Å². The third-order valence-corrected chi connectivity index (χ3v) is 3.81. The van der Waals surface area contributed by atoms with Crippen LogP contribution in [0.4, 0.5) is 0 Å². The Morgan fingerprint density at radius 1 is 1.38 bits per heavy atom. The molecule has 0 aromatic rings. The molecule has 2 saturated heterocycles. The van der Waals surface area contributed by atoms with Crippen molar-refractivity contribution in [2.75, 3.05) is 26.7 Å². The van der Waals surface area contributed by atoms with Crippen molar-refractivity contribution < 1.29 is 4.79 Å². The predicted molar refractivity (Wildman–Crippen MR) is 64.3 cm³/mol. The van der Waals surface area contributed by atoms with Crippen molar-refractivity contribution in [1.29, 1.82) is 0 Å². The van der Waals surface area contributed by atoms with Gasteiger partial charge in [-0.1, -0.05) is 6.42 Å². The zero-order valence-corrected chi connectivity index (χ0v) is 10.2. The molecule has 2 atom stereocenters. The zero-order valence-electron chi connectivity index (χ0n) is 10.2. The van der Waals surface area contributed by atoms with Gasteiger partial charge in [0, 0.05) is 12.6 Å². The SMILES string of the molecule is CN1CCCCC1CNC(=O)C1CCCN1. The maximum Gasteiger partial charge on any atom is 0.237 e. The first-order valence-corrected chi connectivity index (χ1v) is 6.48. The van der Waals surface area contributed by atoms with Gasteiger partial charge in [-0.3, -0.25) is 4.79 Å². The Morgan fingerprint density at radius 3 is 2.94 bits per heavy atom. The summed E-state index contributed by atoms with van der Waals surface area (Å²) >= 11 is 0. The van der Waals surface area contributed by atoms with Crippen LogP contribution in [0.25, 0.3) is 0 Å². The fraction of sp³-hybridized carbons (Fsp3) is 0.917. The second-order valence-electron chi connectivity index (χ2n) is 5.02. The molecule has 0 aliphatic carbocycles. The lowest BCUT2D eigenvalue weighted by Crippen LogP contribution is -2.48. The molecule has 0 spiro atoms. The van der Waals surface area contributed by atoms with Gasteiger partial charge < -0.3 is 15.5 Å². The van der Waals surface area contributed by atoms with Gasteiger partial charge in [0.15, 0.2) is 0 Å². The second kappa shape index (κ2) is 5.64. The maximum atomic E-state index is 11.8. The summed E-state index contributed by atoms with van der Waals surface area (Å²) in [5.74, 6) is 0.191. The van der Waals surface area contributed by atoms with Crippen molar-refractivity contribution in [2.45, 2.75) is 44.2 Å². The quantitative estimate of drug-likeness (QED) is 0.728. The van der Waals surface area contributed by atoms with Crippen LogP contribution < -0.4 is 10.6 Å². The summed E-state index contributed by atoms with van der Waals surface area (Å²) in [6.07, 6.45) is 5.93. The minimum absolute atomic E-state index is 0.0638. The summed E-state index contributed by atoms with van der Waals surface area (Å²) in [6.45, 7) is 2.97. The monoisotopic (exact) mass is 225 g/mol. The van der Waals surface area contributed by atoms with Crippen LogP contribution in [0, 0.1) is 0 Å². The molecule has 2 N–H and O–H groups in total. The molecule has 2 rings (SSSR count). The molecule has 0 aromatic carbocycles. The predicted octanol–water partition coefficient (Wildman–Crippen LogP) is 0.339. The summed E-state index contributed by atoms with van der Waals surface area (Å²) in [5.41, 5.74) is 0. The lowest BCUT2D eigenvalue weighted by atomic mass is 10.0. The molecule has 1 amide bonds. The second-order valence-corrected chi connectivity index (χ2v) is 5.02. The van der Waals surface area contributed by atoms with Gasteiger partial charge in [0.25, 0.3) is 0 Å². The fourth-order valence-corrected chi connectivity index (χ4v) is 2.65. The highest BCUT2D eigenvalue weighted by atomic mass is 16.2. The minimum Gasteiger partial charge on any atom is -0.353 e. The first kappa shape index (κ1) is 11.9. The molecule has 4 heteroatoms. The van der Waals surface area contributed by atoms with Crippen molar-refractivity contribution in [3.05, 3.63) is 0 Å². The molecule has 2 fully saturated rings. The van der Waals surface area contributed by atoms with Crippen LogP contribution in [0.15, 0.2) is 0 Å². The molecule has 4 nitrogen and oxygen atoms in total. The molecule has 0 radical (unpaired) electrons. The van der Waals surface area contributed by atoms with Gasteiger partial charge in [0.2, 0.25) is 5.91 Å². The van der Waals surface area contributed by atoms with Crippen molar-refractivity contribution in [3.8, 4) is 0 Å². The van der Waals surface area contributed by atoms with E-state index in [0.29, 0.717) is 6.04 Å². The molecular weight excluding hydrogens is 202 g/mol. The third kappa shape index (κ3) is 2.95. The van der Waals surface area contributed by atoms with Gasteiger partial charge in [-0.15, -0.1) is 0 Å². The van der Waals surface area contributed by atoms with E-state index in [4.69, 9.17) is 0 Å². The van der Waals surface area contributed by atoms with E-state index in [2.05, 4.69) is 22.6 Å². The first-order valence-electron chi connectivity index (χ1n) is 6.48. The Morgan fingerprint density at radius 2 is 2.25 bits per heavy atom. The summed E-state index contributed by atoms with van der Waals surface area (Å²) in [7, 11) is 2.16. The Bertz CT molecular complexity index is 238. The lowest BCUT2D eigenvalue weighted by molar-refractivity contribution is -0.123. The highest BCUT2D eigenvalue weighted by Gasteiger charge is 2.24. The number of rotatable bonds is 3. The van der Waals surface area contributed by atoms with Crippen molar-refractivity contribution in [1.82, 2.24) is 15.5 Å². The van der Waals surface area contributed by atoms with Gasteiger partial charge >= 0.3 is 0 Å². The largest absolute Gasteiger partial charge is 0.353 e. The normalized spacial score (nSPS) is 31.6. The van der Waals surface area contributed by atoms with Crippen LogP contribution in [0.5, 0.6) is 0 Å². The number of carbonyl (C=O) groups excluding carboxylic acids is 1. The van der Waals surface area contributed by atoms with E-state index in [1.165, 1.54) is 25.8 Å². The molecule has 92 valence electrons. The topological polar surface area (TPSA) is 44.4 Å². The van der Waals surface area contributed by atoms with Gasteiger partial charge in [0.1, 0.15) is 0 Å². The highest BCUT2D eigenvalue weighted by molar-refractivity contribution is 5.82.